The van der Waals surface area contributed by atoms with Gasteiger partial charge >= 0.3 is 0 Å². The van der Waals surface area contributed by atoms with E-state index in [9.17, 15) is 9.18 Å². The van der Waals surface area contributed by atoms with Gasteiger partial charge in [-0.05, 0) is 31.2 Å². The van der Waals surface area contributed by atoms with Gasteiger partial charge in [-0.2, -0.15) is 0 Å². The Balaban J connectivity index is 3.09. The Morgan fingerprint density at radius 1 is 1.50 bits per heavy atom. The molecule has 2 N–H and O–H groups in total. The zero-order chi connectivity index (χ0) is 12.3. The van der Waals surface area contributed by atoms with E-state index in [1.54, 1.807) is 13.8 Å². The minimum absolute atomic E-state index is 0.0333. The molecule has 0 aliphatic heterocycles. The summed E-state index contributed by atoms with van der Waals surface area (Å²) in [6, 6.07) is 3.98. The molecule has 0 fully saturated rings. The summed E-state index contributed by atoms with van der Waals surface area (Å²) in [5.41, 5.74) is 4.79. The van der Waals surface area contributed by atoms with Gasteiger partial charge in [0.1, 0.15) is 5.82 Å². The number of Topliss-reactive ketones (excluding diaryl/α,β-unsaturated/α-hetero) is 1. The second-order valence-corrected chi connectivity index (χ2v) is 4.81. The lowest BCUT2D eigenvalue weighted by molar-refractivity contribution is 0.0825. The fraction of sp³-hybridized carbons (Fsp3) is 0.417. The molecule has 0 amide bonds. The van der Waals surface area contributed by atoms with Crippen LogP contribution in [0.4, 0.5) is 4.39 Å². The third-order valence-electron chi connectivity index (χ3n) is 2.56. The largest absolute Gasteiger partial charge is 0.330 e. The summed E-state index contributed by atoms with van der Waals surface area (Å²) in [7, 11) is 0. The van der Waals surface area contributed by atoms with Crippen molar-refractivity contribution in [3.8, 4) is 0 Å². The number of ketones is 1. The molecule has 0 aliphatic rings. The van der Waals surface area contributed by atoms with Crippen LogP contribution in [-0.2, 0) is 0 Å². The number of halogens is 2. The molecule has 0 bridgehead atoms. The van der Waals surface area contributed by atoms with Gasteiger partial charge in [-0.15, -0.1) is 0 Å². The molecule has 0 saturated heterocycles. The van der Waals surface area contributed by atoms with Crippen LogP contribution in [0.2, 0.25) is 5.02 Å². The number of hydrogen-bond acceptors (Lipinski definition) is 2. The van der Waals surface area contributed by atoms with Crippen LogP contribution in [0.1, 0.15) is 30.6 Å². The molecule has 0 radical (unpaired) electrons. The van der Waals surface area contributed by atoms with Crippen LogP contribution >= 0.6 is 11.6 Å². The summed E-state index contributed by atoms with van der Waals surface area (Å²) in [5, 5.41) is 0.355. The summed E-state index contributed by atoms with van der Waals surface area (Å²) >= 11 is 5.74. The predicted molar refractivity (Wildman–Crippen MR) is 63.2 cm³/mol. The van der Waals surface area contributed by atoms with Crippen LogP contribution in [0.3, 0.4) is 0 Å². The lowest BCUT2D eigenvalue weighted by Crippen LogP contribution is -2.28. The summed E-state index contributed by atoms with van der Waals surface area (Å²) < 4.78 is 13.5. The summed E-state index contributed by atoms with van der Waals surface area (Å²) in [6.45, 7) is 3.89. The summed E-state index contributed by atoms with van der Waals surface area (Å²) in [6.07, 6.45) is 0.512. The maximum Gasteiger partial charge on any atom is 0.171 e. The Morgan fingerprint density at radius 3 is 2.69 bits per heavy atom. The van der Waals surface area contributed by atoms with Crippen molar-refractivity contribution in [2.24, 2.45) is 11.1 Å². The molecule has 0 heterocycles. The highest BCUT2D eigenvalue weighted by molar-refractivity contribution is 6.31. The van der Waals surface area contributed by atoms with E-state index in [1.807, 2.05) is 0 Å². The van der Waals surface area contributed by atoms with Gasteiger partial charge < -0.3 is 5.73 Å². The maximum absolute atomic E-state index is 13.5. The summed E-state index contributed by atoms with van der Waals surface area (Å²) in [4.78, 5) is 12.1. The Kier molecular flexibility index (Phi) is 4.05. The van der Waals surface area contributed by atoms with Crippen molar-refractivity contribution >= 4 is 17.4 Å². The molecule has 2 nitrogen and oxygen atoms in total. The molecule has 0 saturated carbocycles. The summed E-state index contributed by atoms with van der Waals surface area (Å²) in [5.74, 6) is -0.808. The van der Waals surface area contributed by atoms with Gasteiger partial charge in [0, 0.05) is 10.4 Å². The number of rotatable bonds is 4. The minimum atomic E-state index is -0.666. The molecule has 1 rings (SSSR count). The highest BCUT2D eigenvalue weighted by Crippen LogP contribution is 2.28. The van der Waals surface area contributed by atoms with Crippen molar-refractivity contribution in [1.29, 1.82) is 0 Å². The average Bonchev–Trinajstić information content (AvgIpc) is 2.20. The maximum atomic E-state index is 13.5. The van der Waals surface area contributed by atoms with Crippen molar-refractivity contribution in [2.75, 3.05) is 6.54 Å². The third kappa shape index (κ3) is 2.80. The van der Waals surface area contributed by atoms with Crippen molar-refractivity contribution in [1.82, 2.24) is 0 Å². The average molecular weight is 244 g/mol. The highest BCUT2D eigenvalue weighted by Gasteiger charge is 2.29. The molecular formula is C12H15ClFNO. The van der Waals surface area contributed by atoms with E-state index in [1.165, 1.54) is 18.2 Å². The molecule has 0 atom stereocenters. The molecule has 88 valence electrons. The van der Waals surface area contributed by atoms with Crippen molar-refractivity contribution in [3.05, 3.63) is 34.6 Å². The Hall–Kier alpha value is -0.930. The van der Waals surface area contributed by atoms with Gasteiger partial charge in [0.15, 0.2) is 5.78 Å². The normalized spacial score (nSPS) is 11.6. The van der Waals surface area contributed by atoms with E-state index in [-0.39, 0.29) is 11.3 Å². The van der Waals surface area contributed by atoms with Gasteiger partial charge in [0.05, 0.1) is 5.56 Å². The molecule has 1 aromatic carbocycles. The van der Waals surface area contributed by atoms with Gasteiger partial charge in [0.2, 0.25) is 0 Å². The van der Waals surface area contributed by atoms with E-state index in [0.717, 1.165) is 0 Å². The number of hydrogen-bond donors (Lipinski definition) is 1. The highest BCUT2D eigenvalue weighted by atomic mass is 35.5. The minimum Gasteiger partial charge on any atom is -0.330 e. The van der Waals surface area contributed by atoms with Crippen LogP contribution in [0.25, 0.3) is 0 Å². The molecule has 0 unspecified atom stereocenters. The van der Waals surface area contributed by atoms with Crippen LogP contribution in [-0.4, -0.2) is 12.3 Å². The standard InChI is InChI=1S/C12H15ClFNO/c1-12(2,5-6-15)11(16)9-7-8(13)3-4-10(9)14/h3-4,7H,5-6,15H2,1-2H3. The van der Waals surface area contributed by atoms with Crippen molar-refractivity contribution in [3.63, 3.8) is 0 Å². The number of carbonyl (C=O) groups is 1. The quantitative estimate of drug-likeness (QED) is 0.826. The number of carbonyl (C=O) groups excluding carboxylic acids is 1. The smallest absolute Gasteiger partial charge is 0.171 e. The molecule has 0 aliphatic carbocycles. The zero-order valence-corrected chi connectivity index (χ0v) is 10.1. The van der Waals surface area contributed by atoms with Crippen LogP contribution in [0, 0.1) is 11.2 Å². The molecular weight excluding hydrogens is 229 g/mol. The molecule has 16 heavy (non-hydrogen) atoms. The number of benzene rings is 1. The van der Waals surface area contributed by atoms with Gasteiger partial charge in [0.25, 0.3) is 0 Å². The Labute approximate surface area is 99.6 Å². The SMILES string of the molecule is CC(C)(CCN)C(=O)c1cc(Cl)ccc1F. The first-order valence-electron chi connectivity index (χ1n) is 5.08. The topological polar surface area (TPSA) is 43.1 Å². The first-order valence-corrected chi connectivity index (χ1v) is 5.46. The predicted octanol–water partition coefficient (Wildman–Crippen LogP) is 3.04. The van der Waals surface area contributed by atoms with Gasteiger partial charge in [-0.3, -0.25) is 4.79 Å². The molecule has 0 spiro atoms. The van der Waals surface area contributed by atoms with E-state index in [0.29, 0.717) is 18.0 Å². The second kappa shape index (κ2) is 4.93. The molecule has 1 aromatic rings. The second-order valence-electron chi connectivity index (χ2n) is 4.38. The van der Waals surface area contributed by atoms with E-state index < -0.39 is 11.2 Å². The van der Waals surface area contributed by atoms with Gasteiger partial charge in [-0.25, -0.2) is 4.39 Å². The fourth-order valence-electron chi connectivity index (χ4n) is 1.51. The van der Waals surface area contributed by atoms with Crippen molar-refractivity contribution in [2.45, 2.75) is 20.3 Å². The van der Waals surface area contributed by atoms with Gasteiger partial charge in [-0.1, -0.05) is 25.4 Å². The third-order valence-corrected chi connectivity index (χ3v) is 2.79. The van der Waals surface area contributed by atoms with Crippen molar-refractivity contribution < 1.29 is 9.18 Å². The lowest BCUT2D eigenvalue weighted by Gasteiger charge is -2.22. The zero-order valence-electron chi connectivity index (χ0n) is 9.39. The molecule has 0 aromatic heterocycles. The van der Waals surface area contributed by atoms with E-state index in [4.69, 9.17) is 17.3 Å². The number of nitrogens with two attached hydrogens (primary N) is 1. The van der Waals surface area contributed by atoms with Crippen LogP contribution in [0.5, 0.6) is 0 Å². The fourth-order valence-corrected chi connectivity index (χ4v) is 1.68. The van der Waals surface area contributed by atoms with Crippen LogP contribution < -0.4 is 5.73 Å². The lowest BCUT2D eigenvalue weighted by atomic mass is 9.81. The Morgan fingerprint density at radius 2 is 2.12 bits per heavy atom. The first kappa shape index (κ1) is 13.1. The van der Waals surface area contributed by atoms with E-state index >= 15 is 0 Å². The Bertz CT molecular complexity index is 404. The van der Waals surface area contributed by atoms with E-state index in [2.05, 4.69) is 0 Å². The first-order chi connectivity index (χ1) is 7.38. The molecule has 4 heteroatoms. The monoisotopic (exact) mass is 243 g/mol. The van der Waals surface area contributed by atoms with Crippen LogP contribution in [0.15, 0.2) is 18.2 Å².